The van der Waals surface area contributed by atoms with Crippen LogP contribution < -0.4 is 10.2 Å². The minimum Gasteiger partial charge on any atom is -0.480 e. The van der Waals surface area contributed by atoms with E-state index in [2.05, 4.69) is 5.32 Å². The fourth-order valence-electron chi connectivity index (χ4n) is 2.49. The molecule has 1 aliphatic heterocycles. The van der Waals surface area contributed by atoms with Gasteiger partial charge < -0.3 is 10.4 Å². The van der Waals surface area contributed by atoms with Gasteiger partial charge in [-0.05, 0) is 37.9 Å². The summed E-state index contributed by atoms with van der Waals surface area (Å²) in [4.78, 5) is 25.0. The Hall–Kier alpha value is -1.88. The summed E-state index contributed by atoms with van der Waals surface area (Å²) in [5, 5.41) is 12.2. The molecule has 0 radical (unpaired) electrons. The van der Waals surface area contributed by atoms with Gasteiger partial charge in [0, 0.05) is 5.69 Å². The number of hydrogen-bond donors (Lipinski definition) is 2. The summed E-state index contributed by atoms with van der Waals surface area (Å²) in [6.45, 7) is 4.45. The number of carboxylic acids is 1. The highest BCUT2D eigenvalue weighted by Crippen LogP contribution is 2.21. The first-order valence-electron chi connectivity index (χ1n) is 6.82. The number of carbonyl (C=O) groups excluding carboxylic acids is 1. The van der Waals surface area contributed by atoms with Crippen molar-refractivity contribution in [2.75, 3.05) is 18.0 Å². The van der Waals surface area contributed by atoms with Crippen molar-refractivity contribution in [2.24, 2.45) is 5.92 Å². The van der Waals surface area contributed by atoms with Crippen molar-refractivity contribution in [2.45, 2.75) is 26.3 Å². The number of aliphatic carboxylic acids is 1. The van der Waals surface area contributed by atoms with E-state index in [1.165, 1.54) is 4.90 Å². The molecule has 0 spiro atoms. The molecule has 0 bridgehead atoms. The van der Waals surface area contributed by atoms with Gasteiger partial charge in [-0.1, -0.05) is 24.6 Å². The second-order valence-corrected chi connectivity index (χ2v) is 5.35. The highest BCUT2D eigenvalue weighted by atomic mass is 16.4. The van der Waals surface area contributed by atoms with E-state index in [0.29, 0.717) is 5.69 Å². The molecule has 1 aromatic carbocycles. The van der Waals surface area contributed by atoms with Gasteiger partial charge in [0.25, 0.3) is 0 Å². The van der Waals surface area contributed by atoms with Gasteiger partial charge in [0.15, 0.2) is 0 Å². The Balaban J connectivity index is 2.24. The zero-order chi connectivity index (χ0) is 14.7. The average Bonchev–Trinajstić information content (AvgIpc) is 2.82. The van der Waals surface area contributed by atoms with Crippen LogP contribution >= 0.6 is 0 Å². The number of nitrogens with zero attached hydrogens (tertiary/aromatic N) is 1. The zero-order valence-electron chi connectivity index (χ0n) is 11.8. The first-order valence-corrected chi connectivity index (χ1v) is 6.82. The van der Waals surface area contributed by atoms with Gasteiger partial charge in [0.2, 0.25) is 5.91 Å². The molecular weight excluding hydrogens is 256 g/mol. The molecule has 1 aliphatic rings. The minimum atomic E-state index is -1.01. The zero-order valence-corrected chi connectivity index (χ0v) is 11.8. The Morgan fingerprint density at radius 1 is 1.35 bits per heavy atom. The normalized spacial score (nSPS) is 21.7. The van der Waals surface area contributed by atoms with Crippen LogP contribution in [-0.4, -0.2) is 36.1 Å². The van der Waals surface area contributed by atoms with Gasteiger partial charge >= 0.3 is 5.97 Å². The molecule has 5 heteroatoms. The predicted octanol–water partition coefficient (Wildman–Crippen LogP) is 1.41. The van der Waals surface area contributed by atoms with Crippen molar-refractivity contribution in [3.63, 3.8) is 0 Å². The van der Waals surface area contributed by atoms with Gasteiger partial charge in [-0.15, -0.1) is 0 Å². The molecule has 108 valence electrons. The van der Waals surface area contributed by atoms with Gasteiger partial charge in [-0.2, -0.15) is 0 Å². The highest BCUT2D eigenvalue weighted by Gasteiger charge is 2.33. The fraction of sp³-hybridized carbons (Fsp3) is 0.467. The summed E-state index contributed by atoms with van der Waals surface area (Å²) < 4.78 is 0. The minimum absolute atomic E-state index is 0.166. The molecule has 20 heavy (non-hydrogen) atoms. The molecule has 1 aromatic rings. The maximum atomic E-state index is 12.6. The molecule has 2 N–H and O–H groups in total. The number of anilines is 1. The van der Waals surface area contributed by atoms with E-state index in [0.717, 1.165) is 18.5 Å². The predicted molar refractivity (Wildman–Crippen MR) is 76.7 cm³/mol. The third kappa shape index (κ3) is 3.17. The van der Waals surface area contributed by atoms with Crippen LogP contribution in [0.2, 0.25) is 0 Å². The van der Waals surface area contributed by atoms with E-state index in [1.54, 1.807) is 12.1 Å². The van der Waals surface area contributed by atoms with Crippen LogP contribution in [0, 0.1) is 12.8 Å². The lowest BCUT2D eigenvalue weighted by Gasteiger charge is -2.26. The van der Waals surface area contributed by atoms with Crippen LogP contribution in [0.15, 0.2) is 24.3 Å². The van der Waals surface area contributed by atoms with E-state index >= 15 is 0 Å². The summed E-state index contributed by atoms with van der Waals surface area (Å²) >= 11 is 0. The van der Waals surface area contributed by atoms with E-state index < -0.39 is 5.97 Å². The van der Waals surface area contributed by atoms with Crippen molar-refractivity contribution < 1.29 is 14.7 Å². The van der Waals surface area contributed by atoms with E-state index in [9.17, 15) is 9.59 Å². The Morgan fingerprint density at radius 3 is 2.50 bits per heavy atom. The third-order valence-corrected chi connectivity index (χ3v) is 3.70. The Kier molecular flexibility index (Phi) is 4.39. The summed E-state index contributed by atoms with van der Waals surface area (Å²) in [6.07, 6.45) is 0.936. The number of benzene rings is 1. The monoisotopic (exact) mass is 276 g/mol. The molecule has 0 saturated carbocycles. The van der Waals surface area contributed by atoms with Crippen LogP contribution in [0.5, 0.6) is 0 Å². The second kappa shape index (κ2) is 6.05. The number of rotatable bonds is 4. The molecule has 0 aliphatic carbocycles. The summed E-state index contributed by atoms with van der Waals surface area (Å²) in [5.41, 5.74) is 1.70. The smallest absolute Gasteiger partial charge is 0.323 e. The molecule has 0 aromatic heterocycles. The second-order valence-electron chi connectivity index (χ2n) is 5.35. The van der Waals surface area contributed by atoms with Gasteiger partial charge in [-0.3, -0.25) is 14.5 Å². The van der Waals surface area contributed by atoms with Gasteiger partial charge in [-0.25, -0.2) is 0 Å². The summed E-state index contributed by atoms with van der Waals surface area (Å²) in [7, 11) is 0. The number of hydrogen-bond acceptors (Lipinski definition) is 3. The van der Waals surface area contributed by atoms with Crippen molar-refractivity contribution >= 4 is 17.6 Å². The van der Waals surface area contributed by atoms with Crippen LogP contribution in [0.4, 0.5) is 5.69 Å². The largest absolute Gasteiger partial charge is 0.480 e. The third-order valence-electron chi connectivity index (χ3n) is 3.70. The molecule has 2 rings (SSSR count). The van der Waals surface area contributed by atoms with E-state index in [1.807, 2.05) is 26.0 Å². The highest BCUT2D eigenvalue weighted by molar-refractivity contribution is 6.00. The Morgan fingerprint density at radius 2 is 2.00 bits per heavy atom. The van der Waals surface area contributed by atoms with Gasteiger partial charge in [0.1, 0.15) is 6.54 Å². The standard InChI is InChI=1S/C15H20N2O3/c1-10-3-5-12(6-4-10)17(9-13(18)19)15(20)14-11(2)7-8-16-14/h3-6,11,14,16H,7-9H2,1-2H3,(H,18,19). The molecule has 1 amide bonds. The number of nitrogens with one attached hydrogen (secondary N) is 1. The molecule has 2 unspecified atom stereocenters. The van der Waals surface area contributed by atoms with Crippen LogP contribution in [0.25, 0.3) is 0 Å². The first kappa shape index (κ1) is 14.5. The molecule has 5 nitrogen and oxygen atoms in total. The molecular formula is C15H20N2O3. The van der Waals surface area contributed by atoms with E-state index in [4.69, 9.17) is 5.11 Å². The lowest BCUT2D eigenvalue weighted by atomic mass is 10.0. The van der Waals surface area contributed by atoms with Crippen molar-refractivity contribution in [1.29, 1.82) is 0 Å². The average molecular weight is 276 g/mol. The number of amides is 1. The molecule has 1 heterocycles. The molecule has 1 fully saturated rings. The Labute approximate surface area is 118 Å². The lowest BCUT2D eigenvalue weighted by Crippen LogP contribution is -2.48. The van der Waals surface area contributed by atoms with Crippen LogP contribution in [-0.2, 0) is 9.59 Å². The topological polar surface area (TPSA) is 69.6 Å². The first-order chi connectivity index (χ1) is 9.49. The quantitative estimate of drug-likeness (QED) is 0.872. The van der Waals surface area contributed by atoms with Gasteiger partial charge in [0.05, 0.1) is 6.04 Å². The lowest BCUT2D eigenvalue weighted by molar-refractivity contribution is -0.137. The molecule has 2 atom stereocenters. The van der Waals surface area contributed by atoms with Crippen LogP contribution in [0.3, 0.4) is 0 Å². The Bertz CT molecular complexity index is 498. The number of carbonyl (C=O) groups is 2. The van der Waals surface area contributed by atoms with E-state index in [-0.39, 0.29) is 24.4 Å². The van der Waals surface area contributed by atoms with Crippen LogP contribution in [0.1, 0.15) is 18.9 Å². The maximum absolute atomic E-state index is 12.6. The molecule has 1 saturated heterocycles. The maximum Gasteiger partial charge on any atom is 0.323 e. The SMILES string of the molecule is Cc1ccc(N(CC(=O)O)C(=O)C2NCCC2C)cc1. The van der Waals surface area contributed by atoms with Crippen molar-refractivity contribution in [3.05, 3.63) is 29.8 Å². The summed E-state index contributed by atoms with van der Waals surface area (Å²) in [6, 6.07) is 7.04. The van der Waals surface area contributed by atoms with Crippen molar-refractivity contribution in [3.8, 4) is 0 Å². The summed E-state index contributed by atoms with van der Waals surface area (Å²) in [5.74, 6) is -0.949. The number of carboxylic acid groups (broad SMARTS) is 1. The fourth-order valence-corrected chi connectivity index (χ4v) is 2.49. The number of aryl methyl sites for hydroxylation is 1. The van der Waals surface area contributed by atoms with Crippen molar-refractivity contribution in [1.82, 2.24) is 5.32 Å².